The molecule has 0 aliphatic rings. The average molecular weight is 377 g/mol. The van der Waals surface area contributed by atoms with E-state index in [2.05, 4.69) is 36.4 Å². The van der Waals surface area contributed by atoms with Gasteiger partial charge < -0.3 is 10.1 Å². The number of ether oxygens (including phenoxy) is 1. The van der Waals surface area contributed by atoms with Gasteiger partial charge in [0.1, 0.15) is 5.75 Å². The third-order valence-corrected chi connectivity index (χ3v) is 4.71. The number of aromatic nitrogens is 2. The molecule has 0 bridgehead atoms. The summed E-state index contributed by atoms with van der Waals surface area (Å²) in [6, 6.07) is 16.0. The van der Waals surface area contributed by atoms with Gasteiger partial charge in [0.25, 0.3) is 5.91 Å². The summed E-state index contributed by atoms with van der Waals surface area (Å²) in [5.74, 6) is 0.890. The maximum absolute atomic E-state index is 12.5. The molecule has 5 heteroatoms. The molecule has 3 rings (SSSR count). The maximum Gasteiger partial charge on any atom is 0.262 e. The first-order chi connectivity index (χ1) is 13.4. The molecule has 1 aromatic heterocycles. The molecule has 0 atom stereocenters. The van der Waals surface area contributed by atoms with Crippen LogP contribution < -0.4 is 10.1 Å². The van der Waals surface area contributed by atoms with Crippen LogP contribution in [0.1, 0.15) is 42.3 Å². The van der Waals surface area contributed by atoms with Gasteiger partial charge >= 0.3 is 0 Å². The van der Waals surface area contributed by atoms with Crippen molar-refractivity contribution in [1.29, 1.82) is 0 Å². The van der Waals surface area contributed by atoms with Crippen LogP contribution in [-0.4, -0.2) is 22.3 Å². The number of anilines is 1. The Labute approximate surface area is 166 Å². The number of carbonyl (C=O) groups is 1. The molecule has 1 N–H and O–H groups in total. The largest absolute Gasteiger partial charge is 0.483 e. The molecular weight excluding hydrogens is 350 g/mol. The number of rotatable bonds is 6. The zero-order valence-electron chi connectivity index (χ0n) is 17.1. The second kappa shape index (κ2) is 8.30. The number of carbonyl (C=O) groups excluding carboxylic acids is 1. The molecule has 1 heterocycles. The number of hydrogen-bond acceptors (Lipinski definition) is 3. The van der Waals surface area contributed by atoms with E-state index in [9.17, 15) is 4.79 Å². The highest BCUT2D eigenvalue weighted by Gasteiger charge is 2.16. The molecule has 3 aromatic rings. The van der Waals surface area contributed by atoms with E-state index in [4.69, 9.17) is 4.74 Å². The molecule has 0 unspecified atom stereocenters. The lowest BCUT2D eigenvalue weighted by Gasteiger charge is -2.15. The molecule has 1 amide bonds. The van der Waals surface area contributed by atoms with E-state index in [1.807, 2.05) is 61.9 Å². The van der Waals surface area contributed by atoms with Gasteiger partial charge in [-0.25, -0.2) is 4.68 Å². The molecule has 146 valence electrons. The Morgan fingerprint density at radius 2 is 1.82 bits per heavy atom. The number of aryl methyl sites for hydroxylation is 2. The van der Waals surface area contributed by atoms with Gasteiger partial charge in [-0.05, 0) is 56.0 Å². The van der Waals surface area contributed by atoms with Gasteiger partial charge in [0.2, 0.25) is 0 Å². The second-order valence-corrected chi connectivity index (χ2v) is 7.33. The fraction of sp³-hybridized carbons (Fsp3) is 0.304. The molecular formula is C23H27N3O2. The fourth-order valence-electron chi connectivity index (χ4n) is 3.21. The van der Waals surface area contributed by atoms with E-state index < -0.39 is 0 Å². The highest BCUT2D eigenvalue weighted by atomic mass is 16.5. The van der Waals surface area contributed by atoms with Gasteiger partial charge in [0.15, 0.2) is 6.61 Å². The molecule has 5 nitrogen and oxygen atoms in total. The van der Waals surface area contributed by atoms with E-state index in [1.165, 1.54) is 0 Å². The van der Waals surface area contributed by atoms with E-state index >= 15 is 0 Å². The van der Waals surface area contributed by atoms with Gasteiger partial charge in [-0.3, -0.25) is 4.79 Å². The topological polar surface area (TPSA) is 56.1 Å². The Morgan fingerprint density at radius 3 is 2.50 bits per heavy atom. The highest BCUT2D eigenvalue weighted by molar-refractivity contribution is 5.93. The number of para-hydroxylation sites is 1. The van der Waals surface area contributed by atoms with Gasteiger partial charge in [-0.2, -0.15) is 5.10 Å². The van der Waals surface area contributed by atoms with Crippen molar-refractivity contribution in [3.63, 3.8) is 0 Å². The predicted molar refractivity (Wildman–Crippen MR) is 112 cm³/mol. The van der Waals surface area contributed by atoms with Crippen molar-refractivity contribution in [2.75, 3.05) is 11.9 Å². The Kier molecular flexibility index (Phi) is 5.83. The molecule has 0 fully saturated rings. The van der Waals surface area contributed by atoms with Crippen molar-refractivity contribution in [1.82, 2.24) is 9.78 Å². The summed E-state index contributed by atoms with van der Waals surface area (Å²) in [7, 11) is 0. The third kappa shape index (κ3) is 4.25. The maximum atomic E-state index is 12.5. The van der Waals surface area contributed by atoms with Crippen molar-refractivity contribution in [2.24, 2.45) is 0 Å². The lowest BCUT2D eigenvalue weighted by molar-refractivity contribution is -0.118. The molecule has 0 spiro atoms. The zero-order chi connectivity index (χ0) is 20.3. The Hall–Kier alpha value is -3.08. The van der Waals surface area contributed by atoms with Crippen LogP contribution in [0.5, 0.6) is 5.75 Å². The van der Waals surface area contributed by atoms with Crippen LogP contribution in [0.15, 0.2) is 48.5 Å². The summed E-state index contributed by atoms with van der Waals surface area (Å²) in [6.07, 6.45) is 0. The summed E-state index contributed by atoms with van der Waals surface area (Å²) < 4.78 is 7.68. The van der Waals surface area contributed by atoms with Gasteiger partial charge in [0.05, 0.1) is 22.8 Å². The normalized spacial score (nSPS) is 10.9. The molecule has 0 saturated heterocycles. The number of nitrogens with zero attached hydrogens (tertiary/aromatic N) is 2. The molecule has 2 aromatic carbocycles. The van der Waals surface area contributed by atoms with Gasteiger partial charge in [-0.1, -0.05) is 44.2 Å². The first-order valence-electron chi connectivity index (χ1n) is 9.51. The lowest BCUT2D eigenvalue weighted by Crippen LogP contribution is -2.21. The molecule has 0 saturated carbocycles. The minimum absolute atomic E-state index is 0.0431. The zero-order valence-corrected chi connectivity index (χ0v) is 17.1. The average Bonchev–Trinajstić information content (AvgIpc) is 2.95. The van der Waals surface area contributed by atoms with Crippen LogP contribution in [0.3, 0.4) is 0 Å². The Morgan fingerprint density at radius 1 is 1.11 bits per heavy atom. The van der Waals surface area contributed by atoms with Crippen LogP contribution in [-0.2, 0) is 4.79 Å². The minimum atomic E-state index is -0.199. The molecule has 0 aliphatic carbocycles. The number of amides is 1. The van der Waals surface area contributed by atoms with E-state index in [0.29, 0.717) is 5.92 Å². The van der Waals surface area contributed by atoms with Gasteiger partial charge in [0, 0.05) is 0 Å². The number of benzene rings is 2. The Bertz CT molecular complexity index is 975. The quantitative estimate of drug-likeness (QED) is 0.662. The van der Waals surface area contributed by atoms with Crippen molar-refractivity contribution < 1.29 is 9.53 Å². The smallest absolute Gasteiger partial charge is 0.262 e. The minimum Gasteiger partial charge on any atom is -0.483 e. The predicted octanol–water partition coefficient (Wildman–Crippen LogP) is 4.94. The van der Waals surface area contributed by atoms with Crippen LogP contribution in [0.25, 0.3) is 5.69 Å². The van der Waals surface area contributed by atoms with Crippen LogP contribution in [0.4, 0.5) is 5.69 Å². The first-order valence-corrected chi connectivity index (χ1v) is 9.51. The molecule has 28 heavy (non-hydrogen) atoms. The monoisotopic (exact) mass is 377 g/mol. The van der Waals surface area contributed by atoms with Crippen LogP contribution in [0.2, 0.25) is 0 Å². The SMILES string of the molecule is Cc1ccc(C(C)C)c(OCC(=O)Nc2c(C)nn(-c3ccccc3)c2C)c1. The highest BCUT2D eigenvalue weighted by Crippen LogP contribution is 2.28. The lowest BCUT2D eigenvalue weighted by atomic mass is 10.0. The third-order valence-electron chi connectivity index (χ3n) is 4.71. The van der Waals surface area contributed by atoms with Crippen molar-refractivity contribution in [3.05, 3.63) is 71.0 Å². The number of hydrogen-bond donors (Lipinski definition) is 1. The van der Waals surface area contributed by atoms with Crippen molar-refractivity contribution >= 4 is 11.6 Å². The van der Waals surface area contributed by atoms with Gasteiger partial charge in [-0.15, -0.1) is 0 Å². The van der Waals surface area contributed by atoms with E-state index in [-0.39, 0.29) is 12.5 Å². The number of nitrogens with one attached hydrogen (secondary N) is 1. The first kappa shape index (κ1) is 19.7. The summed E-state index contributed by atoms with van der Waals surface area (Å²) >= 11 is 0. The van der Waals surface area contributed by atoms with Crippen LogP contribution >= 0.6 is 0 Å². The van der Waals surface area contributed by atoms with E-state index in [1.54, 1.807) is 0 Å². The van der Waals surface area contributed by atoms with Crippen LogP contribution in [0, 0.1) is 20.8 Å². The van der Waals surface area contributed by atoms with E-state index in [0.717, 1.165) is 39.6 Å². The Balaban J connectivity index is 1.73. The molecule has 0 aliphatic heterocycles. The van der Waals surface area contributed by atoms with Crippen molar-refractivity contribution in [2.45, 2.75) is 40.5 Å². The summed E-state index contributed by atoms with van der Waals surface area (Å²) in [6.45, 7) is 10.0. The second-order valence-electron chi connectivity index (χ2n) is 7.33. The summed E-state index contributed by atoms with van der Waals surface area (Å²) in [5, 5.41) is 7.52. The fourth-order valence-corrected chi connectivity index (χ4v) is 3.21. The summed E-state index contributed by atoms with van der Waals surface area (Å²) in [4.78, 5) is 12.5. The molecule has 0 radical (unpaired) electrons. The van der Waals surface area contributed by atoms with Crippen molar-refractivity contribution in [3.8, 4) is 11.4 Å². The standard InChI is InChI=1S/C23H27N3O2/c1-15(2)20-12-11-16(3)13-21(20)28-14-22(27)24-23-17(4)25-26(18(23)5)19-9-7-6-8-10-19/h6-13,15H,14H2,1-5H3,(H,24,27). The summed E-state index contributed by atoms with van der Waals surface area (Å²) in [5.41, 5.74) is 5.55.